The summed E-state index contributed by atoms with van der Waals surface area (Å²) in [6.07, 6.45) is 3.12. The van der Waals surface area contributed by atoms with Crippen LogP contribution in [0.1, 0.15) is 39.2 Å². The van der Waals surface area contributed by atoms with Crippen LogP contribution in [0.25, 0.3) is 0 Å². The van der Waals surface area contributed by atoms with Gasteiger partial charge in [0.25, 0.3) is 11.3 Å². The van der Waals surface area contributed by atoms with E-state index in [2.05, 4.69) is 15.4 Å². The molecule has 190 valence electrons. The van der Waals surface area contributed by atoms with E-state index in [1.165, 1.54) is 12.0 Å². The number of carbonyl (C=O) groups excluding carboxylic acids is 2. The number of ether oxygens (including phenoxy) is 1. The maximum absolute atomic E-state index is 13.4. The molecule has 1 aromatic heterocycles. The summed E-state index contributed by atoms with van der Waals surface area (Å²) in [5.74, 6) is -0.335. The number of aryl methyl sites for hydroxylation is 2. The Labute approximate surface area is 216 Å². The number of methoxy groups -OCH3 is 1. The van der Waals surface area contributed by atoms with Gasteiger partial charge in [0.2, 0.25) is 5.91 Å². The van der Waals surface area contributed by atoms with Crippen LogP contribution >= 0.6 is 11.3 Å². The zero-order valence-corrected chi connectivity index (χ0v) is 21.4. The minimum absolute atomic E-state index is 0.307. The molecule has 1 aliphatic rings. The van der Waals surface area contributed by atoms with Gasteiger partial charge >= 0.3 is 6.09 Å². The summed E-state index contributed by atoms with van der Waals surface area (Å²) in [4.78, 5) is 31.5. The Morgan fingerprint density at radius 3 is 2.44 bits per heavy atom. The molecule has 2 amide bonds. The van der Waals surface area contributed by atoms with Crippen molar-refractivity contribution < 1.29 is 23.1 Å². The summed E-state index contributed by atoms with van der Waals surface area (Å²) in [5.41, 5.74) is 3.43. The number of nitrogens with one attached hydrogen (secondary N) is 3. The summed E-state index contributed by atoms with van der Waals surface area (Å²) >= 11 is -0.541. The Morgan fingerprint density at radius 1 is 1.06 bits per heavy atom. The fourth-order valence-corrected chi connectivity index (χ4v) is 5.68. The Kier molecular flexibility index (Phi) is 8.68. The smallest absolute Gasteiger partial charge is 0.407 e. The third-order valence-electron chi connectivity index (χ3n) is 5.90. The van der Waals surface area contributed by atoms with Crippen molar-refractivity contribution in [3.63, 3.8) is 0 Å². The molecular weight excluding hydrogens is 500 g/mol. The number of nitrogens with zero attached hydrogens (tertiary/aromatic N) is 1. The van der Waals surface area contributed by atoms with Gasteiger partial charge in [-0.15, -0.1) is 11.3 Å². The van der Waals surface area contributed by atoms with Crippen LogP contribution in [0.15, 0.2) is 54.6 Å². The Hall–Kier alpha value is -3.28. The molecule has 1 aliphatic carbocycles. The summed E-state index contributed by atoms with van der Waals surface area (Å²) in [6, 6.07) is 15.3. The van der Waals surface area contributed by atoms with E-state index in [9.17, 15) is 13.8 Å². The maximum Gasteiger partial charge on any atom is 0.407 e. The molecule has 11 heteroatoms. The van der Waals surface area contributed by atoms with Crippen LogP contribution in [0, 0.1) is 0 Å². The van der Waals surface area contributed by atoms with Crippen LogP contribution in [0.2, 0.25) is 0 Å². The van der Waals surface area contributed by atoms with Gasteiger partial charge in [-0.05, 0) is 48.9 Å². The fraction of sp³-hybridized carbons (Fsp3) is 0.320. The van der Waals surface area contributed by atoms with Crippen molar-refractivity contribution in [1.82, 2.24) is 15.6 Å². The standard InChI is InChI=1S/C25H28N4O5S2/c1-34-25(31)28-20(14-16-6-3-2-4-7-16)23(30)26-21(24-27-19-8-5-9-22(19)35-24)15-17-10-12-18(13-11-17)29-36(32)33/h2-4,6-7,10-13,20-21,29H,5,8-9,14-15H2,1H3,(H,26,30)(H,28,31)(H,32,33)/t20-,21-/m0/s1. The zero-order chi connectivity index (χ0) is 25.5. The summed E-state index contributed by atoms with van der Waals surface area (Å²) in [7, 11) is 1.26. The predicted octanol–water partition coefficient (Wildman–Crippen LogP) is 3.55. The minimum atomic E-state index is -2.15. The summed E-state index contributed by atoms with van der Waals surface area (Å²) in [5, 5.41) is 6.57. The van der Waals surface area contributed by atoms with Gasteiger partial charge in [-0.25, -0.2) is 14.0 Å². The van der Waals surface area contributed by atoms with Crippen LogP contribution in [-0.4, -0.2) is 38.9 Å². The highest BCUT2D eigenvalue weighted by molar-refractivity contribution is 7.80. The zero-order valence-electron chi connectivity index (χ0n) is 19.7. The second-order valence-electron chi connectivity index (χ2n) is 8.47. The van der Waals surface area contributed by atoms with E-state index in [4.69, 9.17) is 14.3 Å². The molecule has 0 radical (unpaired) electrons. The second kappa shape index (κ2) is 12.1. The number of carbonyl (C=O) groups is 2. The van der Waals surface area contributed by atoms with Crippen molar-refractivity contribution >= 4 is 40.3 Å². The van der Waals surface area contributed by atoms with Gasteiger partial charge < -0.3 is 15.4 Å². The maximum atomic E-state index is 13.4. The van der Waals surface area contributed by atoms with E-state index in [0.29, 0.717) is 18.5 Å². The molecule has 0 fully saturated rings. The lowest BCUT2D eigenvalue weighted by molar-refractivity contribution is -0.123. The average molecular weight is 529 g/mol. The lowest BCUT2D eigenvalue weighted by Gasteiger charge is -2.22. The molecule has 0 saturated carbocycles. The molecule has 9 nitrogen and oxygen atoms in total. The third-order valence-corrected chi connectivity index (χ3v) is 7.58. The number of anilines is 1. The number of thiazole rings is 1. The first-order valence-corrected chi connectivity index (χ1v) is 13.5. The lowest BCUT2D eigenvalue weighted by Crippen LogP contribution is -2.49. The second-order valence-corrected chi connectivity index (χ2v) is 10.3. The number of amides is 2. The van der Waals surface area contributed by atoms with E-state index in [1.807, 2.05) is 42.5 Å². The third kappa shape index (κ3) is 6.90. The number of aromatic nitrogens is 1. The molecule has 0 spiro atoms. The first-order valence-electron chi connectivity index (χ1n) is 11.5. The van der Waals surface area contributed by atoms with Gasteiger partial charge in [-0.1, -0.05) is 42.5 Å². The van der Waals surface area contributed by atoms with Crippen molar-refractivity contribution in [3.05, 3.63) is 81.3 Å². The van der Waals surface area contributed by atoms with Crippen LogP contribution in [0.5, 0.6) is 0 Å². The van der Waals surface area contributed by atoms with Crippen LogP contribution in [0.4, 0.5) is 10.5 Å². The minimum Gasteiger partial charge on any atom is -0.453 e. The Morgan fingerprint density at radius 2 is 1.78 bits per heavy atom. The largest absolute Gasteiger partial charge is 0.453 e. The van der Waals surface area contributed by atoms with Crippen LogP contribution in [-0.2, 0) is 46.5 Å². The molecular formula is C25H28N4O5S2. The normalized spacial score (nSPS) is 14.8. The Balaban J connectivity index is 1.55. The highest BCUT2D eigenvalue weighted by atomic mass is 32.2. The van der Waals surface area contributed by atoms with Crippen molar-refractivity contribution in [2.75, 3.05) is 11.8 Å². The number of benzene rings is 2. The van der Waals surface area contributed by atoms with Gasteiger partial charge in [0.1, 0.15) is 11.0 Å². The number of fused-ring (bicyclic) bond motifs is 1. The monoisotopic (exact) mass is 528 g/mol. The van der Waals surface area contributed by atoms with Gasteiger partial charge in [-0.2, -0.15) is 0 Å². The predicted molar refractivity (Wildman–Crippen MR) is 139 cm³/mol. The molecule has 4 rings (SSSR count). The average Bonchev–Trinajstić information content (AvgIpc) is 3.47. The number of rotatable bonds is 10. The SMILES string of the molecule is COC(=O)N[C@@H](Cc1ccccc1)C(=O)N[C@@H](Cc1ccc(NS(=O)O)cc1)c1nc2c(s1)CCC2. The van der Waals surface area contributed by atoms with E-state index in [1.54, 1.807) is 23.5 Å². The molecule has 0 bridgehead atoms. The van der Waals surface area contributed by atoms with Gasteiger partial charge in [0.05, 0.1) is 18.8 Å². The molecule has 4 N–H and O–H groups in total. The van der Waals surface area contributed by atoms with Crippen LogP contribution in [0.3, 0.4) is 0 Å². The van der Waals surface area contributed by atoms with E-state index in [-0.39, 0.29) is 5.91 Å². The molecule has 0 aliphatic heterocycles. The summed E-state index contributed by atoms with van der Waals surface area (Å²) in [6.45, 7) is 0. The molecule has 1 unspecified atom stereocenters. The highest BCUT2D eigenvalue weighted by Gasteiger charge is 2.28. The van der Waals surface area contributed by atoms with E-state index >= 15 is 0 Å². The van der Waals surface area contributed by atoms with E-state index in [0.717, 1.165) is 41.1 Å². The molecule has 2 aromatic carbocycles. The van der Waals surface area contributed by atoms with Gasteiger partial charge in [0.15, 0.2) is 0 Å². The van der Waals surface area contributed by atoms with Gasteiger partial charge in [0, 0.05) is 17.0 Å². The molecule has 3 atom stereocenters. The summed E-state index contributed by atoms with van der Waals surface area (Å²) < 4.78 is 27.2. The first kappa shape index (κ1) is 25.8. The molecule has 36 heavy (non-hydrogen) atoms. The number of hydrogen-bond donors (Lipinski definition) is 4. The molecule has 1 heterocycles. The molecule has 3 aromatic rings. The van der Waals surface area contributed by atoms with Crippen LogP contribution < -0.4 is 15.4 Å². The first-order chi connectivity index (χ1) is 17.4. The van der Waals surface area contributed by atoms with E-state index < -0.39 is 29.4 Å². The Bertz CT molecular complexity index is 1200. The fourth-order valence-electron chi connectivity index (χ4n) is 4.14. The van der Waals surface area contributed by atoms with Gasteiger partial charge in [-0.3, -0.25) is 14.1 Å². The van der Waals surface area contributed by atoms with Crippen molar-refractivity contribution in [3.8, 4) is 0 Å². The topological polar surface area (TPSA) is 130 Å². The van der Waals surface area contributed by atoms with Crippen molar-refractivity contribution in [2.45, 2.75) is 44.2 Å². The highest BCUT2D eigenvalue weighted by Crippen LogP contribution is 2.32. The van der Waals surface area contributed by atoms with Crippen molar-refractivity contribution in [1.29, 1.82) is 0 Å². The van der Waals surface area contributed by atoms with Crippen molar-refractivity contribution in [2.24, 2.45) is 0 Å². The quantitative estimate of drug-likeness (QED) is 0.298. The number of alkyl carbamates (subject to hydrolysis) is 1. The lowest BCUT2D eigenvalue weighted by atomic mass is 10.0. The number of hydrogen-bond acceptors (Lipinski definition) is 6. The molecule has 0 saturated heterocycles.